The van der Waals surface area contributed by atoms with E-state index in [4.69, 9.17) is 0 Å². The van der Waals surface area contributed by atoms with Gasteiger partial charge in [0.25, 0.3) is 6.17 Å². The fraction of sp³-hybridized carbons (Fsp3) is 1.00. The van der Waals surface area contributed by atoms with Gasteiger partial charge in [-0.1, -0.05) is 0 Å². The van der Waals surface area contributed by atoms with Gasteiger partial charge in [-0.3, -0.25) is 0 Å². The van der Waals surface area contributed by atoms with Crippen molar-refractivity contribution in [3.63, 3.8) is 0 Å². The molecule has 0 aliphatic carbocycles. The number of halogens is 8. The Labute approximate surface area is 56.8 Å². The van der Waals surface area contributed by atoms with Crippen LogP contribution in [0.1, 0.15) is 1.43 Å². The molecular formula is C3H2F8. The maximum Gasteiger partial charge on any atom is 1.00 e. The summed E-state index contributed by atoms with van der Waals surface area (Å²) in [5.41, 5.74) is 0. The lowest BCUT2D eigenvalue weighted by atomic mass is 10.4. The standard InChI is InChI=1S/C3HF7.FH/c4-1(2(5,6)7)3(8,9)10;/h1H;1H. The van der Waals surface area contributed by atoms with E-state index in [1.165, 1.54) is 0 Å². The van der Waals surface area contributed by atoms with Crippen LogP contribution in [0.2, 0.25) is 0 Å². The minimum atomic E-state index is -5.85. The summed E-state index contributed by atoms with van der Waals surface area (Å²) in [5, 5.41) is 0. The normalized spacial score (nSPS) is 13.1. The summed E-state index contributed by atoms with van der Waals surface area (Å²) in [5.74, 6) is 0. The predicted octanol–water partition coefficient (Wildman–Crippen LogP) is -0.434. The van der Waals surface area contributed by atoms with Gasteiger partial charge in [-0.05, 0) is 0 Å². The van der Waals surface area contributed by atoms with E-state index in [0.29, 0.717) is 0 Å². The highest BCUT2D eigenvalue weighted by Crippen LogP contribution is 2.35. The van der Waals surface area contributed by atoms with Crippen molar-refractivity contribution in [1.82, 2.24) is 0 Å². The molecular weight excluding hydrogens is 188 g/mol. The molecule has 0 unspecified atom stereocenters. The maximum absolute atomic E-state index is 11.2. The molecule has 0 bridgehead atoms. The van der Waals surface area contributed by atoms with Crippen molar-refractivity contribution in [3.05, 3.63) is 0 Å². The van der Waals surface area contributed by atoms with Crippen molar-refractivity contribution in [2.45, 2.75) is 18.5 Å². The minimum Gasteiger partial charge on any atom is -1.00 e. The second kappa shape index (κ2) is 3.22. The van der Waals surface area contributed by atoms with Gasteiger partial charge in [-0.25, -0.2) is 4.39 Å². The molecule has 11 heavy (non-hydrogen) atoms. The molecule has 0 aliphatic heterocycles. The van der Waals surface area contributed by atoms with Crippen LogP contribution in [0, 0.1) is 0 Å². The largest absolute Gasteiger partial charge is 1.00 e. The van der Waals surface area contributed by atoms with Crippen LogP contribution in [-0.4, -0.2) is 18.5 Å². The molecule has 0 rings (SSSR count). The maximum atomic E-state index is 11.2. The van der Waals surface area contributed by atoms with Gasteiger partial charge in [-0.15, -0.1) is 0 Å². The third-order valence-electron chi connectivity index (χ3n) is 0.575. The fourth-order valence-electron chi connectivity index (χ4n) is 0.186. The van der Waals surface area contributed by atoms with Crippen LogP contribution < -0.4 is 4.70 Å². The second-order valence-corrected chi connectivity index (χ2v) is 1.45. The van der Waals surface area contributed by atoms with Crippen molar-refractivity contribution in [2.24, 2.45) is 0 Å². The number of hydrogen-bond acceptors (Lipinski definition) is 0. The monoisotopic (exact) mass is 190 g/mol. The second-order valence-electron chi connectivity index (χ2n) is 1.45. The van der Waals surface area contributed by atoms with Crippen molar-refractivity contribution in [2.75, 3.05) is 0 Å². The van der Waals surface area contributed by atoms with E-state index < -0.39 is 18.5 Å². The van der Waals surface area contributed by atoms with Crippen LogP contribution in [0.3, 0.4) is 0 Å². The molecule has 0 saturated heterocycles. The summed E-state index contributed by atoms with van der Waals surface area (Å²) in [6, 6.07) is 0. The molecule has 8 heteroatoms. The first-order chi connectivity index (χ1) is 4.15. The van der Waals surface area contributed by atoms with Crippen molar-refractivity contribution >= 4 is 0 Å². The van der Waals surface area contributed by atoms with Gasteiger partial charge in [0, 0.05) is 0 Å². The van der Waals surface area contributed by atoms with Crippen LogP contribution >= 0.6 is 0 Å². The van der Waals surface area contributed by atoms with E-state index in [0.717, 1.165) is 0 Å². The lowest BCUT2D eigenvalue weighted by Crippen LogP contribution is -3.00. The number of alkyl halides is 7. The molecule has 0 nitrogen and oxygen atoms in total. The van der Waals surface area contributed by atoms with Gasteiger partial charge < -0.3 is 4.70 Å². The smallest absolute Gasteiger partial charge is 1.00 e. The zero-order valence-corrected chi connectivity index (χ0v) is 4.60. The summed E-state index contributed by atoms with van der Waals surface area (Å²) in [4.78, 5) is 0. The van der Waals surface area contributed by atoms with Crippen LogP contribution in [0.4, 0.5) is 30.7 Å². The molecule has 70 valence electrons. The summed E-state index contributed by atoms with van der Waals surface area (Å²) in [7, 11) is 0. The van der Waals surface area contributed by atoms with Crippen LogP contribution in [0.15, 0.2) is 0 Å². The van der Waals surface area contributed by atoms with E-state index in [2.05, 4.69) is 0 Å². The first-order valence-corrected chi connectivity index (χ1v) is 1.93. The van der Waals surface area contributed by atoms with E-state index in [9.17, 15) is 30.7 Å². The zero-order valence-electron chi connectivity index (χ0n) is 5.60. The molecule has 0 fully saturated rings. The molecule has 0 aromatic heterocycles. The van der Waals surface area contributed by atoms with E-state index >= 15 is 0 Å². The average Bonchev–Trinajstić information content (AvgIpc) is 1.59. The fourth-order valence-corrected chi connectivity index (χ4v) is 0.186. The lowest BCUT2D eigenvalue weighted by molar-refractivity contribution is -0.285. The highest BCUT2D eigenvalue weighted by atomic mass is 19.4. The summed E-state index contributed by atoms with van der Waals surface area (Å²) < 4.78 is 76.3. The highest BCUT2D eigenvalue weighted by Gasteiger charge is 2.57. The SMILES string of the molecule is FC(C(F)(F)F)C(F)(F)F.[F-].[H+]. The van der Waals surface area contributed by atoms with Gasteiger partial charge >= 0.3 is 13.8 Å². The Hall–Kier alpha value is -0.560. The predicted molar refractivity (Wildman–Crippen MR) is 18.1 cm³/mol. The van der Waals surface area contributed by atoms with Crippen molar-refractivity contribution < 1.29 is 36.9 Å². The van der Waals surface area contributed by atoms with Gasteiger partial charge in [0.05, 0.1) is 0 Å². The zero-order chi connectivity index (χ0) is 8.58. The summed E-state index contributed by atoms with van der Waals surface area (Å²) >= 11 is 0. The van der Waals surface area contributed by atoms with Crippen LogP contribution in [-0.2, 0) is 0 Å². The molecule has 0 N–H and O–H groups in total. The van der Waals surface area contributed by atoms with E-state index in [1.807, 2.05) is 0 Å². The molecule has 0 aliphatic rings. The molecule has 0 atom stereocenters. The molecule has 0 heterocycles. The molecule has 0 amide bonds. The van der Waals surface area contributed by atoms with Gasteiger partial charge in [0.2, 0.25) is 0 Å². The first-order valence-electron chi connectivity index (χ1n) is 1.93. The van der Waals surface area contributed by atoms with Gasteiger partial charge in [0.15, 0.2) is 0 Å². The topological polar surface area (TPSA) is 0 Å². The number of rotatable bonds is 0. The Morgan fingerprint density at radius 2 is 1.00 bits per heavy atom. The summed E-state index contributed by atoms with van der Waals surface area (Å²) in [6.07, 6.45) is -16.4. The minimum absolute atomic E-state index is 0. The van der Waals surface area contributed by atoms with Crippen molar-refractivity contribution in [1.29, 1.82) is 0 Å². The van der Waals surface area contributed by atoms with E-state index in [-0.39, 0.29) is 6.13 Å². The van der Waals surface area contributed by atoms with Crippen LogP contribution in [0.5, 0.6) is 0 Å². The Balaban J connectivity index is -0.000000405. The Morgan fingerprint density at radius 3 is 1.00 bits per heavy atom. The summed E-state index contributed by atoms with van der Waals surface area (Å²) in [6.45, 7) is 0. The average molecular weight is 190 g/mol. The Kier molecular flexibility index (Phi) is 3.83. The van der Waals surface area contributed by atoms with E-state index in [1.54, 1.807) is 0 Å². The molecule has 0 aromatic rings. The number of hydrogen-bond donors (Lipinski definition) is 0. The quantitative estimate of drug-likeness (QED) is 0.454. The Morgan fingerprint density at radius 1 is 0.818 bits per heavy atom. The Bertz CT molecular complexity index is 98.5. The van der Waals surface area contributed by atoms with Gasteiger partial charge in [0.1, 0.15) is 0 Å². The molecule has 0 aromatic carbocycles. The van der Waals surface area contributed by atoms with Crippen LogP contribution in [0.25, 0.3) is 0 Å². The molecule has 0 radical (unpaired) electrons. The molecule has 0 saturated carbocycles. The lowest BCUT2D eigenvalue weighted by Gasteiger charge is -2.14. The van der Waals surface area contributed by atoms with Gasteiger partial charge in [-0.2, -0.15) is 26.3 Å². The first kappa shape index (κ1) is 13.1. The molecule has 0 spiro atoms. The third-order valence-corrected chi connectivity index (χ3v) is 0.575. The third kappa shape index (κ3) is 3.99. The highest BCUT2D eigenvalue weighted by molar-refractivity contribution is 4.73. The van der Waals surface area contributed by atoms with Crippen molar-refractivity contribution in [3.8, 4) is 0 Å².